The molecule has 0 aliphatic heterocycles. The summed E-state index contributed by atoms with van der Waals surface area (Å²) in [6.45, 7) is 10.2. The van der Waals surface area contributed by atoms with E-state index in [9.17, 15) is 0 Å². The Morgan fingerprint density at radius 1 is 1.29 bits per heavy atom. The lowest BCUT2D eigenvalue weighted by Crippen LogP contribution is -2.34. The molecule has 1 nitrogen and oxygen atoms in total. The van der Waals surface area contributed by atoms with E-state index in [0.29, 0.717) is 6.10 Å². The van der Waals surface area contributed by atoms with Crippen molar-refractivity contribution >= 4 is 0 Å². The van der Waals surface area contributed by atoms with Crippen LogP contribution in [0.3, 0.4) is 0 Å². The van der Waals surface area contributed by atoms with E-state index in [2.05, 4.69) is 27.7 Å². The molecule has 84 valence electrons. The first-order valence-electron chi connectivity index (χ1n) is 6.26. The van der Waals surface area contributed by atoms with Crippen molar-refractivity contribution in [1.29, 1.82) is 0 Å². The smallest absolute Gasteiger partial charge is 0.0608 e. The SMILES string of the molecule is CCCO[C@@H]1C[C@H](C)CCC1C(C)C. The fourth-order valence-corrected chi connectivity index (χ4v) is 2.58. The van der Waals surface area contributed by atoms with Gasteiger partial charge in [0.1, 0.15) is 0 Å². The topological polar surface area (TPSA) is 9.23 Å². The molecule has 1 aliphatic carbocycles. The quantitative estimate of drug-likeness (QED) is 0.666. The second-order valence-corrected chi connectivity index (χ2v) is 5.24. The van der Waals surface area contributed by atoms with Gasteiger partial charge in [0.2, 0.25) is 0 Å². The predicted molar refractivity (Wildman–Crippen MR) is 61.4 cm³/mol. The summed E-state index contributed by atoms with van der Waals surface area (Å²) in [5.41, 5.74) is 0. The zero-order valence-corrected chi connectivity index (χ0v) is 10.3. The van der Waals surface area contributed by atoms with E-state index in [1.165, 1.54) is 19.3 Å². The van der Waals surface area contributed by atoms with Gasteiger partial charge >= 0.3 is 0 Å². The molecule has 0 spiro atoms. The Bertz CT molecular complexity index is 153. The van der Waals surface area contributed by atoms with Crippen molar-refractivity contribution in [2.75, 3.05) is 6.61 Å². The molecule has 0 aromatic heterocycles. The van der Waals surface area contributed by atoms with E-state index < -0.39 is 0 Å². The van der Waals surface area contributed by atoms with Crippen molar-refractivity contribution in [3.8, 4) is 0 Å². The first-order valence-corrected chi connectivity index (χ1v) is 6.26. The van der Waals surface area contributed by atoms with Crippen molar-refractivity contribution in [3.63, 3.8) is 0 Å². The van der Waals surface area contributed by atoms with E-state index in [1.807, 2.05) is 0 Å². The van der Waals surface area contributed by atoms with Crippen LogP contribution in [0, 0.1) is 17.8 Å². The molecule has 1 heteroatoms. The van der Waals surface area contributed by atoms with Gasteiger partial charge < -0.3 is 4.74 Å². The van der Waals surface area contributed by atoms with Crippen LogP contribution in [0.5, 0.6) is 0 Å². The van der Waals surface area contributed by atoms with Crippen LogP contribution >= 0.6 is 0 Å². The molecule has 0 N–H and O–H groups in total. The van der Waals surface area contributed by atoms with E-state index in [1.54, 1.807) is 0 Å². The molecule has 0 saturated heterocycles. The largest absolute Gasteiger partial charge is 0.378 e. The number of rotatable bonds is 4. The normalized spacial score (nSPS) is 33.6. The number of hydrogen-bond acceptors (Lipinski definition) is 1. The van der Waals surface area contributed by atoms with Gasteiger partial charge in [-0.1, -0.05) is 34.1 Å². The minimum absolute atomic E-state index is 0.540. The summed E-state index contributed by atoms with van der Waals surface area (Å²) in [5.74, 6) is 2.45. The average molecular weight is 198 g/mol. The maximum Gasteiger partial charge on any atom is 0.0608 e. The van der Waals surface area contributed by atoms with E-state index in [0.717, 1.165) is 30.8 Å². The second-order valence-electron chi connectivity index (χ2n) is 5.24. The van der Waals surface area contributed by atoms with Crippen molar-refractivity contribution < 1.29 is 4.74 Å². The van der Waals surface area contributed by atoms with Gasteiger partial charge in [0.15, 0.2) is 0 Å². The van der Waals surface area contributed by atoms with E-state index >= 15 is 0 Å². The third kappa shape index (κ3) is 3.27. The summed E-state index contributed by atoms with van der Waals surface area (Å²) < 4.78 is 5.98. The van der Waals surface area contributed by atoms with Gasteiger partial charge in [-0.25, -0.2) is 0 Å². The van der Waals surface area contributed by atoms with Gasteiger partial charge in [-0.15, -0.1) is 0 Å². The van der Waals surface area contributed by atoms with Crippen molar-refractivity contribution in [2.45, 2.75) is 59.5 Å². The highest BCUT2D eigenvalue weighted by atomic mass is 16.5. The van der Waals surface area contributed by atoms with Gasteiger partial charge in [0.25, 0.3) is 0 Å². The van der Waals surface area contributed by atoms with E-state index in [4.69, 9.17) is 4.74 Å². The highest BCUT2D eigenvalue weighted by Gasteiger charge is 2.30. The Morgan fingerprint density at radius 2 is 2.00 bits per heavy atom. The minimum atomic E-state index is 0.540. The molecule has 1 fully saturated rings. The van der Waals surface area contributed by atoms with E-state index in [-0.39, 0.29) is 0 Å². The number of ether oxygens (including phenoxy) is 1. The third-order valence-electron chi connectivity index (χ3n) is 3.50. The molecule has 1 saturated carbocycles. The summed E-state index contributed by atoms with van der Waals surface area (Å²) in [6, 6.07) is 0. The van der Waals surface area contributed by atoms with Gasteiger partial charge in [0, 0.05) is 6.61 Å². The standard InChI is InChI=1S/C13H26O/c1-5-8-14-13-9-11(4)6-7-12(13)10(2)3/h10-13H,5-9H2,1-4H3/t11-,12?,13-/m1/s1. The van der Waals surface area contributed by atoms with Gasteiger partial charge in [0.05, 0.1) is 6.10 Å². The molecule has 0 aromatic rings. The lowest BCUT2D eigenvalue weighted by Gasteiger charge is -2.37. The molecule has 3 atom stereocenters. The van der Waals surface area contributed by atoms with Crippen LogP contribution in [-0.4, -0.2) is 12.7 Å². The highest BCUT2D eigenvalue weighted by molar-refractivity contribution is 4.81. The van der Waals surface area contributed by atoms with Crippen LogP contribution in [-0.2, 0) is 4.74 Å². The Kier molecular flexibility index (Phi) is 4.94. The average Bonchev–Trinajstić information content (AvgIpc) is 2.14. The maximum atomic E-state index is 5.98. The summed E-state index contributed by atoms with van der Waals surface area (Å²) in [6.07, 6.45) is 5.74. The van der Waals surface area contributed by atoms with Crippen LogP contribution in [0.2, 0.25) is 0 Å². The van der Waals surface area contributed by atoms with Crippen LogP contribution in [0.15, 0.2) is 0 Å². The number of hydrogen-bond donors (Lipinski definition) is 0. The Balaban J connectivity index is 2.45. The zero-order chi connectivity index (χ0) is 10.6. The maximum absolute atomic E-state index is 5.98. The first-order chi connectivity index (χ1) is 6.65. The summed E-state index contributed by atoms with van der Waals surface area (Å²) >= 11 is 0. The Morgan fingerprint density at radius 3 is 2.57 bits per heavy atom. The fraction of sp³-hybridized carbons (Fsp3) is 1.00. The predicted octanol–water partition coefficient (Wildman–Crippen LogP) is 3.87. The Labute approximate surface area is 89.2 Å². The van der Waals surface area contributed by atoms with Crippen molar-refractivity contribution in [1.82, 2.24) is 0 Å². The zero-order valence-electron chi connectivity index (χ0n) is 10.3. The van der Waals surface area contributed by atoms with Gasteiger partial charge in [-0.05, 0) is 37.0 Å². The van der Waals surface area contributed by atoms with Gasteiger partial charge in [-0.2, -0.15) is 0 Å². The van der Waals surface area contributed by atoms with Crippen LogP contribution < -0.4 is 0 Å². The molecule has 0 heterocycles. The lowest BCUT2D eigenvalue weighted by atomic mass is 9.75. The molecule has 1 unspecified atom stereocenters. The minimum Gasteiger partial charge on any atom is -0.378 e. The molecular weight excluding hydrogens is 172 g/mol. The Hall–Kier alpha value is -0.0400. The molecule has 14 heavy (non-hydrogen) atoms. The molecule has 1 aliphatic rings. The monoisotopic (exact) mass is 198 g/mol. The molecule has 0 amide bonds. The fourth-order valence-electron chi connectivity index (χ4n) is 2.58. The van der Waals surface area contributed by atoms with Crippen LogP contribution in [0.25, 0.3) is 0 Å². The van der Waals surface area contributed by atoms with Crippen LogP contribution in [0.1, 0.15) is 53.4 Å². The van der Waals surface area contributed by atoms with Crippen molar-refractivity contribution in [3.05, 3.63) is 0 Å². The summed E-state index contributed by atoms with van der Waals surface area (Å²) in [5, 5.41) is 0. The molecule has 1 rings (SSSR count). The molecule has 0 aromatic carbocycles. The molecule has 0 radical (unpaired) electrons. The summed E-state index contributed by atoms with van der Waals surface area (Å²) in [7, 11) is 0. The van der Waals surface area contributed by atoms with Crippen molar-refractivity contribution in [2.24, 2.45) is 17.8 Å². The molecular formula is C13H26O. The first kappa shape index (κ1) is 12.0. The van der Waals surface area contributed by atoms with Gasteiger partial charge in [-0.3, -0.25) is 0 Å². The third-order valence-corrected chi connectivity index (χ3v) is 3.50. The highest BCUT2D eigenvalue weighted by Crippen LogP contribution is 2.35. The second kappa shape index (κ2) is 5.75. The lowest BCUT2D eigenvalue weighted by molar-refractivity contribution is -0.0379. The molecule has 0 bridgehead atoms. The summed E-state index contributed by atoms with van der Waals surface area (Å²) in [4.78, 5) is 0. The van der Waals surface area contributed by atoms with Crippen LogP contribution in [0.4, 0.5) is 0 Å².